The third-order valence-corrected chi connectivity index (χ3v) is 7.00. The zero-order chi connectivity index (χ0) is 21.0. The molecular weight excluding hydrogens is 419 g/mol. The van der Waals surface area contributed by atoms with Gasteiger partial charge >= 0.3 is 0 Å². The van der Waals surface area contributed by atoms with Crippen LogP contribution in [0.25, 0.3) is 0 Å². The van der Waals surface area contributed by atoms with E-state index in [1.54, 1.807) is 18.2 Å². The molecule has 156 valence electrons. The Kier molecular flexibility index (Phi) is 6.77. The lowest BCUT2D eigenvalue weighted by atomic mass is 9.99. The molecule has 1 amide bonds. The van der Waals surface area contributed by atoms with Crippen molar-refractivity contribution in [3.8, 4) is 5.75 Å². The molecule has 1 saturated heterocycles. The first-order chi connectivity index (χ1) is 13.8. The minimum atomic E-state index is -3.86. The standard InChI is InChI=1S/C20H22ClFN2O4S/c1-28-18-9-6-16(21)11-19(18)29(26,27)24-10-2-3-15(13-24)20(25)23-12-14-4-7-17(22)8-5-14/h4-9,11,15H,2-3,10,12-13H2,1H3,(H,23,25)/t15-/m0/s1. The van der Waals surface area contributed by atoms with E-state index in [-0.39, 0.29) is 40.5 Å². The lowest BCUT2D eigenvalue weighted by Gasteiger charge is -2.31. The molecular formula is C20H22ClFN2O4S. The van der Waals surface area contributed by atoms with Gasteiger partial charge in [-0.25, -0.2) is 12.8 Å². The van der Waals surface area contributed by atoms with Crippen molar-refractivity contribution in [2.45, 2.75) is 24.3 Å². The van der Waals surface area contributed by atoms with Crippen molar-refractivity contribution in [1.82, 2.24) is 9.62 Å². The van der Waals surface area contributed by atoms with E-state index in [1.165, 1.54) is 35.7 Å². The van der Waals surface area contributed by atoms with Crippen molar-refractivity contribution in [1.29, 1.82) is 0 Å². The number of halogens is 2. The van der Waals surface area contributed by atoms with Crippen molar-refractivity contribution in [2.75, 3.05) is 20.2 Å². The molecule has 6 nitrogen and oxygen atoms in total. The zero-order valence-corrected chi connectivity index (χ0v) is 17.5. The van der Waals surface area contributed by atoms with Gasteiger partial charge in [-0.2, -0.15) is 4.31 Å². The second-order valence-corrected chi connectivity index (χ2v) is 9.18. The maximum absolute atomic E-state index is 13.1. The first-order valence-corrected chi connectivity index (χ1v) is 11.0. The van der Waals surface area contributed by atoms with Gasteiger partial charge in [0.05, 0.1) is 13.0 Å². The van der Waals surface area contributed by atoms with Gasteiger partial charge in [0, 0.05) is 24.7 Å². The zero-order valence-electron chi connectivity index (χ0n) is 15.9. The second-order valence-electron chi connectivity index (χ2n) is 6.84. The van der Waals surface area contributed by atoms with Crippen LogP contribution in [-0.4, -0.2) is 38.8 Å². The Hall–Kier alpha value is -2.16. The van der Waals surface area contributed by atoms with Gasteiger partial charge in [0.25, 0.3) is 0 Å². The Morgan fingerprint density at radius 1 is 1.28 bits per heavy atom. The third-order valence-electron chi connectivity index (χ3n) is 4.88. The van der Waals surface area contributed by atoms with E-state index in [0.717, 1.165) is 5.56 Å². The SMILES string of the molecule is COc1ccc(Cl)cc1S(=O)(=O)N1CCC[C@H](C(=O)NCc2ccc(F)cc2)C1. The highest BCUT2D eigenvalue weighted by molar-refractivity contribution is 7.89. The highest BCUT2D eigenvalue weighted by atomic mass is 35.5. The summed E-state index contributed by atoms with van der Waals surface area (Å²) in [6, 6.07) is 10.3. The predicted molar refractivity (Wildman–Crippen MR) is 108 cm³/mol. The third kappa shape index (κ3) is 5.07. The van der Waals surface area contributed by atoms with Gasteiger partial charge in [-0.15, -0.1) is 0 Å². The molecule has 29 heavy (non-hydrogen) atoms. The number of nitrogens with zero attached hydrogens (tertiary/aromatic N) is 1. The number of carbonyl (C=O) groups excluding carboxylic acids is 1. The number of piperidine rings is 1. The molecule has 0 unspecified atom stereocenters. The molecule has 1 atom stereocenters. The van der Waals surface area contributed by atoms with Crippen LogP contribution in [-0.2, 0) is 21.4 Å². The van der Waals surface area contributed by atoms with Crippen LogP contribution in [0.2, 0.25) is 5.02 Å². The highest BCUT2D eigenvalue weighted by Gasteiger charge is 2.34. The van der Waals surface area contributed by atoms with Crippen LogP contribution in [0.15, 0.2) is 47.4 Å². The van der Waals surface area contributed by atoms with Gasteiger partial charge in [-0.05, 0) is 48.7 Å². The summed E-state index contributed by atoms with van der Waals surface area (Å²) >= 11 is 5.98. The average molecular weight is 441 g/mol. The quantitative estimate of drug-likeness (QED) is 0.748. The van der Waals surface area contributed by atoms with Crippen molar-refractivity contribution in [2.24, 2.45) is 5.92 Å². The normalized spacial score (nSPS) is 17.7. The average Bonchev–Trinajstić information content (AvgIpc) is 2.73. The fourth-order valence-corrected chi connectivity index (χ4v) is 5.24. The molecule has 0 radical (unpaired) electrons. The van der Waals surface area contributed by atoms with Crippen molar-refractivity contribution >= 4 is 27.5 Å². The predicted octanol–water partition coefficient (Wildman–Crippen LogP) is 3.20. The Morgan fingerprint density at radius 3 is 2.69 bits per heavy atom. The summed E-state index contributed by atoms with van der Waals surface area (Å²) in [5, 5.41) is 3.09. The number of methoxy groups -OCH3 is 1. The Morgan fingerprint density at radius 2 is 2.00 bits per heavy atom. The summed E-state index contributed by atoms with van der Waals surface area (Å²) in [7, 11) is -2.47. The Bertz CT molecular complexity index is 982. The number of sulfonamides is 1. The molecule has 2 aromatic rings. The Balaban J connectivity index is 1.70. The maximum atomic E-state index is 13.1. The molecule has 3 rings (SSSR count). The molecule has 0 spiro atoms. The number of rotatable bonds is 6. The highest BCUT2D eigenvalue weighted by Crippen LogP contribution is 2.32. The minimum absolute atomic E-state index is 0.0140. The molecule has 1 N–H and O–H groups in total. The lowest BCUT2D eigenvalue weighted by molar-refractivity contribution is -0.126. The van der Waals surface area contributed by atoms with E-state index in [0.29, 0.717) is 19.4 Å². The fraction of sp³-hybridized carbons (Fsp3) is 0.350. The smallest absolute Gasteiger partial charge is 0.246 e. The van der Waals surface area contributed by atoms with Crippen LogP contribution in [0.1, 0.15) is 18.4 Å². The van der Waals surface area contributed by atoms with Crippen LogP contribution in [0.4, 0.5) is 4.39 Å². The second kappa shape index (κ2) is 9.11. The van der Waals surface area contributed by atoms with E-state index in [2.05, 4.69) is 5.32 Å². The van der Waals surface area contributed by atoms with Gasteiger partial charge in [0.2, 0.25) is 15.9 Å². The summed E-state index contributed by atoms with van der Waals surface area (Å²) < 4.78 is 45.7. The molecule has 1 fully saturated rings. The first-order valence-electron chi connectivity index (χ1n) is 9.17. The topological polar surface area (TPSA) is 75.7 Å². The first kappa shape index (κ1) is 21.5. The van der Waals surface area contributed by atoms with Crippen LogP contribution in [0.5, 0.6) is 5.75 Å². The maximum Gasteiger partial charge on any atom is 0.246 e. The summed E-state index contributed by atoms with van der Waals surface area (Å²) in [4.78, 5) is 12.6. The van der Waals surface area contributed by atoms with E-state index < -0.39 is 15.9 Å². The van der Waals surface area contributed by atoms with Crippen LogP contribution >= 0.6 is 11.6 Å². The van der Waals surface area contributed by atoms with Crippen molar-refractivity contribution in [3.63, 3.8) is 0 Å². The summed E-state index contributed by atoms with van der Waals surface area (Å²) in [6.45, 7) is 0.650. The number of carbonyl (C=O) groups is 1. The van der Waals surface area contributed by atoms with Gasteiger partial charge in [-0.1, -0.05) is 23.7 Å². The molecule has 9 heteroatoms. The van der Waals surface area contributed by atoms with E-state index in [9.17, 15) is 17.6 Å². The van der Waals surface area contributed by atoms with E-state index in [4.69, 9.17) is 16.3 Å². The van der Waals surface area contributed by atoms with Crippen LogP contribution in [0.3, 0.4) is 0 Å². The lowest BCUT2D eigenvalue weighted by Crippen LogP contribution is -2.45. The number of nitrogens with one attached hydrogen (secondary N) is 1. The number of hydrogen-bond acceptors (Lipinski definition) is 4. The largest absolute Gasteiger partial charge is 0.495 e. The van der Waals surface area contributed by atoms with Crippen molar-refractivity contribution in [3.05, 3.63) is 58.9 Å². The number of hydrogen-bond donors (Lipinski definition) is 1. The number of benzene rings is 2. The molecule has 1 aliphatic heterocycles. The van der Waals surface area contributed by atoms with Crippen LogP contribution < -0.4 is 10.1 Å². The molecule has 2 aromatic carbocycles. The molecule has 0 bridgehead atoms. The number of ether oxygens (including phenoxy) is 1. The summed E-state index contributed by atoms with van der Waals surface area (Å²) in [5.74, 6) is -0.835. The van der Waals surface area contributed by atoms with Gasteiger partial charge in [0.15, 0.2) is 0 Å². The number of amides is 1. The molecule has 1 aliphatic rings. The van der Waals surface area contributed by atoms with Crippen LogP contribution in [0, 0.1) is 11.7 Å². The van der Waals surface area contributed by atoms with E-state index >= 15 is 0 Å². The summed E-state index contributed by atoms with van der Waals surface area (Å²) in [5.41, 5.74) is 0.767. The molecule has 0 saturated carbocycles. The molecule has 1 heterocycles. The fourth-order valence-electron chi connectivity index (χ4n) is 3.30. The van der Waals surface area contributed by atoms with Gasteiger partial charge in [-0.3, -0.25) is 4.79 Å². The monoisotopic (exact) mass is 440 g/mol. The molecule has 0 aromatic heterocycles. The minimum Gasteiger partial charge on any atom is -0.495 e. The van der Waals surface area contributed by atoms with Gasteiger partial charge < -0.3 is 10.1 Å². The van der Waals surface area contributed by atoms with Crippen molar-refractivity contribution < 1.29 is 22.3 Å². The van der Waals surface area contributed by atoms with E-state index in [1.807, 2.05) is 0 Å². The Labute approximate surface area is 174 Å². The summed E-state index contributed by atoms with van der Waals surface area (Å²) in [6.07, 6.45) is 1.16. The van der Waals surface area contributed by atoms with Gasteiger partial charge in [0.1, 0.15) is 16.5 Å². The molecule has 0 aliphatic carbocycles.